The van der Waals surface area contributed by atoms with E-state index < -0.39 is 5.54 Å². The maximum absolute atomic E-state index is 12.1. The average molecular weight is 256 g/mol. The Kier molecular flexibility index (Phi) is 4.25. The maximum Gasteiger partial charge on any atom is 0.237 e. The van der Waals surface area contributed by atoms with Crippen LogP contribution in [0.3, 0.4) is 0 Å². The number of carbonyl (C=O) groups excluding carboxylic acids is 1. The van der Waals surface area contributed by atoms with Crippen LogP contribution in [0.1, 0.15) is 39.0 Å². The molecule has 1 saturated heterocycles. The van der Waals surface area contributed by atoms with Crippen LogP contribution in [0.4, 0.5) is 0 Å². The standard InChI is InChI=1S/C13H24N2O3/c1-13(7-16,8-17)15-12(18)11-6-9-4-2-3-5-10(9)14-11/h9-11,14,16-17H,2-8H2,1H3,(H,15,18). The van der Waals surface area contributed by atoms with E-state index in [0.29, 0.717) is 12.0 Å². The fourth-order valence-electron chi connectivity index (χ4n) is 3.03. The summed E-state index contributed by atoms with van der Waals surface area (Å²) < 4.78 is 0. The zero-order chi connectivity index (χ0) is 13.2. The van der Waals surface area contributed by atoms with Crippen molar-refractivity contribution >= 4 is 5.91 Å². The second-order valence-corrected chi connectivity index (χ2v) is 5.97. The Bertz CT molecular complexity index is 291. The highest BCUT2D eigenvalue weighted by molar-refractivity contribution is 5.83. The minimum atomic E-state index is -0.924. The van der Waals surface area contributed by atoms with Gasteiger partial charge in [-0.1, -0.05) is 12.8 Å². The minimum absolute atomic E-state index is 0.102. The van der Waals surface area contributed by atoms with E-state index >= 15 is 0 Å². The Hall–Kier alpha value is -0.650. The van der Waals surface area contributed by atoms with Crippen molar-refractivity contribution in [3.63, 3.8) is 0 Å². The predicted octanol–water partition coefficient (Wildman–Crippen LogP) is -0.233. The number of carbonyl (C=O) groups is 1. The van der Waals surface area contributed by atoms with Crippen molar-refractivity contribution in [2.24, 2.45) is 5.92 Å². The van der Waals surface area contributed by atoms with E-state index in [1.165, 1.54) is 19.3 Å². The second kappa shape index (κ2) is 5.55. The van der Waals surface area contributed by atoms with E-state index in [2.05, 4.69) is 10.6 Å². The molecule has 0 aromatic carbocycles. The number of rotatable bonds is 4. The molecule has 0 spiro atoms. The maximum atomic E-state index is 12.1. The molecule has 0 radical (unpaired) electrons. The van der Waals surface area contributed by atoms with Gasteiger partial charge in [-0.25, -0.2) is 0 Å². The third-order valence-electron chi connectivity index (χ3n) is 4.30. The number of amides is 1. The van der Waals surface area contributed by atoms with E-state index in [4.69, 9.17) is 0 Å². The molecule has 5 nitrogen and oxygen atoms in total. The summed E-state index contributed by atoms with van der Waals surface area (Å²) >= 11 is 0. The van der Waals surface area contributed by atoms with Crippen LogP contribution in [0.15, 0.2) is 0 Å². The normalized spacial score (nSPS) is 32.1. The molecule has 2 fully saturated rings. The molecule has 104 valence electrons. The molecule has 2 aliphatic rings. The fourth-order valence-corrected chi connectivity index (χ4v) is 3.03. The van der Waals surface area contributed by atoms with Gasteiger partial charge < -0.3 is 20.8 Å². The van der Waals surface area contributed by atoms with E-state index in [9.17, 15) is 15.0 Å². The Balaban J connectivity index is 1.90. The third kappa shape index (κ3) is 2.84. The van der Waals surface area contributed by atoms with Gasteiger partial charge in [0.2, 0.25) is 5.91 Å². The van der Waals surface area contributed by atoms with Gasteiger partial charge in [0.1, 0.15) is 0 Å². The van der Waals surface area contributed by atoms with Crippen LogP contribution in [0.2, 0.25) is 0 Å². The first-order valence-corrected chi connectivity index (χ1v) is 6.88. The van der Waals surface area contributed by atoms with Crippen LogP contribution in [0.25, 0.3) is 0 Å². The quantitative estimate of drug-likeness (QED) is 0.560. The lowest BCUT2D eigenvalue weighted by atomic mass is 9.85. The monoisotopic (exact) mass is 256 g/mol. The molecule has 3 unspecified atom stereocenters. The van der Waals surface area contributed by atoms with Crippen molar-refractivity contribution in [3.05, 3.63) is 0 Å². The molecule has 2 rings (SSSR count). The van der Waals surface area contributed by atoms with E-state index in [-0.39, 0.29) is 25.2 Å². The Morgan fingerprint density at radius 3 is 2.61 bits per heavy atom. The van der Waals surface area contributed by atoms with Gasteiger partial charge in [0.05, 0.1) is 24.8 Å². The summed E-state index contributed by atoms with van der Waals surface area (Å²) in [5.41, 5.74) is -0.924. The lowest BCUT2D eigenvalue weighted by Crippen LogP contribution is -2.56. The highest BCUT2D eigenvalue weighted by Crippen LogP contribution is 2.33. The molecule has 0 bridgehead atoms. The van der Waals surface area contributed by atoms with Crippen molar-refractivity contribution < 1.29 is 15.0 Å². The Morgan fingerprint density at radius 1 is 1.33 bits per heavy atom. The van der Waals surface area contributed by atoms with Crippen molar-refractivity contribution in [2.75, 3.05) is 13.2 Å². The largest absolute Gasteiger partial charge is 0.394 e. The smallest absolute Gasteiger partial charge is 0.237 e. The molecule has 1 aliphatic heterocycles. The second-order valence-electron chi connectivity index (χ2n) is 5.97. The van der Waals surface area contributed by atoms with Crippen LogP contribution in [0, 0.1) is 5.92 Å². The zero-order valence-electron chi connectivity index (χ0n) is 11.0. The molecule has 0 aromatic heterocycles. The predicted molar refractivity (Wildman–Crippen MR) is 68.0 cm³/mol. The van der Waals surface area contributed by atoms with Crippen molar-refractivity contribution in [2.45, 2.75) is 56.7 Å². The molecular formula is C13H24N2O3. The highest BCUT2D eigenvalue weighted by Gasteiger charge is 2.39. The number of nitrogens with one attached hydrogen (secondary N) is 2. The molecule has 3 atom stereocenters. The molecule has 0 aromatic rings. The van der Waals surface area contributed by atoms with E-state index in [0.717, 1.165) is 12.8 Å². The van der Waals surface area contributed by atoms with Gasteiger partial charge in [-0.05, 0) is 32.1 Å². The summed E-state index contributed by atoms with van der Waals surface area (Å²) in [7, 11) is 0. The summed E-state index contributed by atoms with van der Waals surface area (Å²) in [6.45, 7) is 1.14. The number of fused-ring (bicyclic) bond motifs is 1. The van der Waals surface area contributed by atoms with Crippen LogP contribution in [-0.2, 0) is 4.79 Å². The van der Waals surface area contributed by atoms with Gasteiger partial charge in [-0.15, -0.1) is 0 Å². The zero-order valence-corrected chi connectivity index (χ0v) is 11.0. The average Bonchev–Trinajstić information content (AvgIpc) is 2.82. The molecule has 18 heavy (non-hydrogen) atoms. The van der Waals surface area contributed by atoms with Crippen LogP contribution >= 0.6 is 0 Å². The minimum Gasteiger partial charge on any atom is -0.394 e. The summed E-state index contributed by atoms with van der Waals surface area (Å²) in [6, 6.07) is 0.305. The van der Waals surface area contributed by atoms with Crippen LogP contribution in [0.5, 0.6) is 0 Å². The number of hydrogen-bond acceptors (Lipinski definition) is 4. The lowest BCUT2D eigenvalue weighted by molar-refractivity contribution is -0.125. The van der Waals surface area contributed by atoms with Gasteiger partial charge in [0, 0.05) is 6.04 Å². The van der Waals surface area contributed by atoms with Crippen molar-refractivity contribution in [1.82, 2.24) is 10.6 Å². The topological polar surface area (TPSA) is 81.6 Å². The first kappa shape index (κ1) is 13.8. The number of hydrogen-bond donors (Lipinski definition) is 4. The van der Waals surface area contributed by atoms with Crippen molar-refractivity contribution in [1.29, 1.82) is 0 Å². The van der Waals surface area contributed by atoms with E-state index in [1.54, 1.807) is 6.92 Å². The van der Waals surface area contributed by atoms with Gasteiger partial charge in [-0.3, -0.25) is 4.79 Å². The third-order valence-corrected chi connectivity index (χ3v) is 4.30. The van der Waals surface area contributed by atoms with Gasteiger partial charge in [-0.2, -0.15) is 0 Å². The highest BCUT2D eigenvalue weighted by atomic mass is 16.3. The molecule has 1 aliphatic carbocycles. The summed E-state index contributed by atoms with van der Waals surface area (Å²) in [5.74, 6) is 0.513. The molecule has 5 heteroatoms. The summed E-state index contributed by atoms with van der Waals surface area (Å²) in [4.78, 5) is 12.1. The summed E-state index contributed by atoms with van der Waals surface area (Å²) in [5, 5.41) is 24.5. The van der Waals surface area contributed by atoms with Crippen molar-refractivity contribution in [3.8, 4) is 0 Å². The molecule has 1 amide bonds. The van der Waals surface area contributed by atoms with Crippen LogP contribution in [-0.4, -0.2) is 47.0 Å². The Morgan fingerprint density at radius 2 is 2.00 bits per heavy atom. The SMILES string of the molecule is CC(CO)(CO)NC(=O)C1CC2CCCCC2N1. The Labute approximate surface area is 108 Å². The lowest BCUT2D eigenvalue weighted by Gasteiger charge is -2.28. The number of aliphatic hydroxyl groups is 2. The first-order valence-electron chi connectivity index (χ1n) is 6.88. The summed E-state index contributed by atoms with van der Waals surface area (Å²) in [6.07, 6.45) is 5.75. The molecule has 1 saturated carbocycles. The van der Waals surface area contributed by atoms with Gasteiger partial charge in [0.25, 0.3) is 0 Å². The van der Waals surface area contributed by atoms with E-state index in [1.807, 2.05) is 0 Å². The first-order chi connectivity index (χ1) is 8.58. The molecule has 1 heterocycles. The molecule has 4 N–H and O–H groups in total. The molecular weight excluding hydrogens is 232 g/mol. The van der Waals surface area contributed by atoms with Crippen LogP contribution < -0.4 is 10.6 Å². The van der Waals surface area contributed by atoms with Gasteiger partial charge in [0.15, 0.2) is 0 Å². The van der Waals surface area contributed by atoms with Gasteiger partial charge >= 0.3 is 0 Å². The number of aliphatic hydroxyl groups excluding tert-OH is 2. The fraction of sp³-hybridized carbons (Fsp3) is 0.923.